The fourth-order valence-electron chi connectivity index (χ4n) is 1.68. The van der Waals surface area contributed by atoms with Crippen LogP contribution >= 0.6 is 0 Å². The van der Waals surface area contributed by atoms with Gasteiger partial charge in [-0.05, 0) is 6.92 Å². The molecular weight excluding hydrogens is 244 g/mol. The third-order valence-corrected chi connectivity index (χ3v) is 2.51. The lowest BCUT2D eigenvalue weighted by Gasteiger charge is -2.25. The van der Waals surface area contributed by atoms with Crippen molar-refractivity contribution < 1.29 is 34.9 Å². The van der Waals surface area contributed by atoms with Gasteiger partial charge in [-0.25, -0.2) is 9.78 Å². The maximum Gasteiger partial charge on any atom is 0.200 e. The van der Waals surface area contributed by atoms with Crippen LogP contribution in [0.5, 0.6) is 23.0 Å². The molecule has 0 spiro atoms. The minimum absolute atomic E-state index is 0.142. The first-order chi connectivity index (χ1) is 8.49. The molecule has 0 fully saturated rings. The highest BCUT2D eigenvalue weighted by molar-refractivity contribution is 5.60. The number of ether oxygens (including phenoxy) is 1. The summed E-state index contributed by atoms with van der Waals surface area (Å²) in [5.41, 5.74) is 0.316. The van der Waals surface area contributed by atoms with E-state index in [4.69, 9.17) is 14.7 Å². The first-order valence-corrected chi connectivity index (χ1v) is 5.38. The molecule has 4 N–H and O–H groups in total. The molecule has 7 heteroatoms. The van der Waals surface area contributed by atoms with Crippen molar-refractivity contribution >= 4 is 0 Å². The smallest absolute Gasteiger partial charge is 0.200 e. The van der Waals surface area contributed by atoms with Crippen molar-refractivity contribution in [2.75, 3.05) is 6.61 Å². The number of hydrogen-bond donors (Lipinski definition) is 4. The average Bonchev–Trinajstić information content (AvgIpc) is 2.34. The van der Waals surface area contributed by atoms with Gasteiger partial charge >= 0.3 is 0 Å². The largest absolute Gasteiger partial charge is 0.504 e. The van der Waals surface area contributed by atoms with Crippen LogP contribution in [0, 0.1) is 0 Å². The molecule has 2 rings (SSSR count). The summed E-state index contributed by atoms with van der Waals surface area (Å²) in [6.45, 7) is 1.53. The van der Waals surface area contributed by atoms with Crippen LogP contribution in [0.1, 0.15) is 12.5 Å². The zero-order chi connectivity index (χ0) is 13.3. The summed E-state index contributed by atoms with van der Waals surface area (Å²) in [6.07, 6.45) is -1.38. The lowest BCUT2D eigenvalue weighted by atomic mass is 10.0. The van der Waals surface area contributed by atoms with E-state index in [1.165, 1.54) is 13.0 Å². The van der Waals surface area contributed by atoms with Crippen molar-refractivity contribution in [3.05, 3.63) is 11.6 Å². The first-order valence-electron chi connectivity index (χ1n) is 5.38. The number of rotatable bonds is 3. The summed E-state index contributed by atoms with van der Waals surface area (Å²) < 4.78 is 5.27. The van der Waals surface area contributed by atoms with Crippen molar-refractivity contribution in [3.63, 3.8) is 0 Å². The summed E-state index contributed by atoms with van der Waals surface area (Å²) in [7, 11) is 0. The monoisotopic (exact) mass is 258 g/mol. The molecule has 7 nitrogen and oxygen atoms in total. The maximum absolute atomic E-state index is 9.68. The third-order valence-electron chi connectivity index (χ3n) is 2.51. The molecule has 1 aromatic rings. The molecule has 0 aromatic heterocycles. The molecule has 0 saturated heterocycles. The van der Waals surface area contributed by atoms with E-state index in [0.29, 0.717) is 5.56 Å². The molecule has 2 unspecified atom stereocenters. The fraction of sp³-hybridized carbons (Fsp3) is 0.455. The summed E-state index contributed by atoms with van der Waals surface area (Å²) >= 11 is 0. The van der Waals surface area contributed by atoms with Crippen molar-refractivity contribution in [1.82, 2.24) is 0 Å². The lowest BCUT2D eigenvalue weighted by molar-refractivity contribution is -0.389. The summed E-state index contributed by atoms with van der Waals surface area (Å²) in [4.78, 5) is 9.47. The van der Waals surface area contributed by atoms with Crippen LogP contribution in [0.25, 0.3) is 0 Å². The molecule has 18 heavy (non-hydrogen) atoms. The highest BCUT2D eigenvalue weighted by Gasteiger charge is 2.27. The number of fused-ring (bicyclic) bond motifs is 1. The van der Waals surface area contributed by atoms with E-state index >= 15 is 0 Å². The molecule has 2 atom stereocenters. The van der Waals surface area contributed by atoms with Gasteiger partial charge in [0.25, 0.3) is 0 Å². The Labute approximate surface area is 103 Å². The topological polar surface area (TPSA) is 109 Å². The highest BCUT2D eigenvalue weighted by Crippen LogP contribution is 2.45. The molecule has 0 amide bonds. The summed E-state index contributed by atoms with van der Waals surface area (Å²) in [5.74, 6) is -1.23. The Balaban J connectivity index is 2.16. The van der Waals surface area contributed by atoms with Crippen LogP contribution in [0.3, 0.4) is 0 Å². The average molecular weight is 258 g/mol. The van der Waals surface area contributed by atoms with Gasteiger partial charge in [-0.3, -0.25) is 0 Å². The fourth-order valence-corrected chi connectivity index (χ4v) is 1.68. The van der Waals surface area contributed by atoms with E-state index in [1.54, 1.807) is 0 Å². The number of aliphatic hydroxyl groups is 1. The van der Waals surface area contributed by atoms with Gasteiger partial charge in [-0.1, -0.05) is 0 Å². The van der Waals surface area contributed by atoms with Gasteiger partial charge in [-0.2, -0.15) is 0 Å². The van der Waals surface area contributed by atoms with Crippen LogP contribution in [0.15, 0.2) is 6.07 Å². The van der Waals surface area contributed by atoms with Gasteiger partial charge in [0.15, 0.2) is 17.8 Å². The van der Waals surface area contributed by atoms with E-state index in [2.05, 4.69) is 4.89 Å². The Morgan fingerprint density at radius 3 is 2.72 bits per heavy atom. The molecule has 1 aromatic carbocycles. The first kappa shape index (κ1) is 12.7. The molecule has 0 saturated carbocycles. The second-order valence-corrected chi connectivity index (χ2v) is 4.00. The minimum atomic E-state index is -1.08. The van der Waals surface area contributed by atoms with E-state index in [0.717, 1.165) is 0 Å². The lowest BCUT2D eigenvalue weighted by Crippen LogP contribution is -2.30. The number of aromatic hydroxyl groups is 3. The second-order valence-electron chi connectivity index (χ2n) is 4.00. The number of phenols is 3. The SMILES string of the molecule is CC(O)OOC1COc2cc(O)c(O)c(O)c2C1. The van der Waals surface area contributed by atoms with Gasteiger partial charge < -0.3 is 25.2 Å². The Hall–Kier alpha value is -1.70. The van der Waals surface area contributed by atoms with Crippen molar-refractivity contribution in [2.45, 2.75) is 25.7 Å². The van der Waals surface area contributed by atoms with Crippen LogP contribution in [-0.4, -0.2) is 39.4 Å². The van der Waals surface area contributed by atoms with E-state index in [9.17, 15) is 15.3 Å². The standard InChI is InChI=1S/C11H14O7/c1-5(12)17-18-6-2-7-9(16-4-6)3-8(13)11(15)10(7)14/h3,5-6,12-15H,2,4H2,1H3. The van der Waals surface area contributed by atoms with Gasteiger partial charge in [0.2, 0.25) is 5.75 Å². The van der Waals surface area contributed by atoms with Crippen molar-refractivity contribution in [3.8, 4) is 23.0 Å². The molecule has 1 aliphatic heterocycles. The molecular formula is C11H14O7. The van der Waals surface area contributed by atoms with Crippen LogP contribution in [0.2, 0.25) is 0 Å². The van der Waals surface area contributed by atoms with Crippen molar-refractivity contribution in [2.24, 2.45) is 0 Å². The number of hydrogen-bond acceptors (Lipinski definition) is 7. The van der Waals surface area contributed by atoms with Crippen LogP contribution in [0.4, 0.5) is 0 Å². The van der Waals surface area contributed by atoms with E-state index in [-0.39, 0.29) is 18.8 Å². The third kappa shape index (κ3) is 2.42. The molecule has 100 valence electrons. The van der Waals surface area contributed by atoms with Crippen LogP contribution < -0.4 is 4.74 Å². The maximum atomic E-state index is 9.68. The summed E-state index contributed by atoms with van der Waals surface area (Å²) in [6, 6.07) is 1.22. The molecule has 1 heterocycles. The predicted octanol–water partition coefficient (Wildman–Crippen LogP) is 0.393. The molecule has 0 radical (unpaired) electrons. The highest BCUT2D eigenvalue weighted by atomic mass is 17.2. The zero-order valence-electron chi connectivity index (χ0n) is 9.66. The number of phenolic OH excluding ortho intramolecular Hbond substituents is 3. The zero-order valence-corrected chi connectivity index (χ0v) is 9.66. The van der Waals surface area contributed by atoms with Gasteiger partial charge in [0, 0.05) is 18.1 Å². The Morgan fingerprint density at radius 1 is 1.33 bits per heavy atom. The van der Waals surface area contributed by atoms with Gasteiger partial charge in [0.1, 0.15) is 18.5 Å². The molecule has 0 aliphatic carbocycles. The Morgan fingerprint density at radius 2 is 2.06 bits per heavy atom. The van der Waals surface area contributed by atoms with Gasteiger partial charge in [0.05, 0.1) is 0 Å². The van der Waals surface area contributed by atoms with E-state index in [1.807, 2.05) is 0 Å². The van der Waals surface area contributed by atoms with Crippen LogP contribution in [-0.2, 0) is 16.2 Å². The predicted molar refractivity (Wildman–Crippen MR) is 58.3 cm³/mol. The van der Waals surface area contributed by atoms with E-state index < -0.39 is 29.6 Å². The molecule has 0 bridgehead atoms. The quantitative estimate of drug-likeness (QED) is 0.269. The van der Waals surface area contributed by atoms with Crippen molar-refractivity contribution in [1.29, 1.82) is 0 Å². The Bertz CT molecular complexity index is 444. The van der Waals surface area contributed by atoms with Gasteiger partial charge in [-0.15, -0.1) is 0 Å². The number of aliphatic hydroxyl groups excluding tert-OH is 1. The molecule has 1 aliphatic rings. The second kappa shape index (κ2) is 4.89. The normalized spacial score (nSPS) is 20.0. The summed E-state index contributed by atoms with van der Waals surface area (Å²) in [5, 5.41) is 37.3. The Kier molecular flexibility index (Phi) is 3.46. The number of benzene rings is 1. The minimum Gasteiger partial charge on any atom is -0.504 e.